The third-order valence-corrected chi connectivity index (χ3v) is 4.51. The zero-order chi connectivity index (χ0) is 14.5. The maximum Gasteiger partial charge on any atom is 0.335 e. The van der Waals surface area contributed by atoms with E-state index < -0.39 is 5.97 Å². The molecular formula is C15H20BrNO3. The van der Waals surface area contributed by atoms with Crippen molar-refractivity contribution in [2.45, 2.75) is 32.4 Å². The summed E-state index contributed by atoms with van der Waals surface area (Å²) < 4.78 is 6.50. The normalized spacial score (nSPS) is 22.1. The van der Waals surface area contributed by atoms with Crippen LogP contribution in [0.4, 0.5) is 0 Å². The molecule has 20 heavy (non-hydrogen) atoms. The quantitative estimate of drug-likeness (QED) is 0.834. The standard InChI is InChI=1S/C15H20BrNO3/c1-2-14-12(5-6-20-14)9-17-8-11-4-3-10(15(18)19)7-13(11)16/h3-4,7,12,14,17H,2,5-6,8-9H2,1H3,(H,18,19). The second-order valence-electron chi connectivity index (χ2n) is 5.11. The monoisotopic (exact) mass is 341 g/mol. The van der Waals surface area contributed by atoms with E-state index in [1.165, 1.54) is 0 Å². The summed E-state index contributed by atoms with van der Waals surface area (Å²) in [7, 11) is 0. The van der Waals surface area contributed by atoms with Crippen LogP contribution in [-0.2, 0) is 11.3 Å². The number of rotatable bonds is 6. The number of hydrogen-bond acceptors (Lipinski definition) is 3. The average molecular weight is 342 g/mol. The minimum absolute atomic E-state index is 0.302. The van der Waals surface area contributed by atoms with Crippen LogP contribution < -0.4 is 5.32 Å². The van der Waals surface area contributed by atoms with Gasteiger partial charge in [0.2, 0.25) is 0 Å². The molecule has 1 aromatic carbocycles. The van der Waals surface area contributed by atoms with Crippen molar-refractivity contribution < 1.29 is 14.6 Å². The molecule has 1 aliphatic rings. The lowest BCUT2D eigenvalue weighted by Gasteiger charge is -2.17. The highest BCUT2D eigenvalue weighted by atomic mass is 79.9. The van der Waals surface area contributed by atoms with Crippen LogP contribution >= 0.6 is 15.9 Å². The molecule has 0 spiro atoms. The summed E-state index contributed by atoms with van der Waals surface area (Å²) in [5.74, 6) is -0.323. The van der Waals surface area contributed by atoms with E-state index in [2.05, 4.69) is 28.2 Å². The van der Waals surface area contributed by atoms with Crippen molar-refractivity contribution in [1.29, 1.82) is 0 Å². The predicted molar refractivity (Wildman–Crippen MR) is 80.9 cm³/mol. The first-order valence-electron chi connectivity index (χ1n) is 6.95. The Morgan fingerprint density at radius 3 is 3.00 bits per heavy atom. The van der Waals surface area contributed by atoms with Gasteiger partial charge in [-0.3, -0.25) is 0 Å². The Morgan fingerprint density at radius 1 is 1.55 bits per heavy atom. The van der Waals surface area contributed by atoms with E-state index in [0.29, 0.717) is 17.6 Å². The molecule has 1 fully saturated rings. The molecular weight excluding hydrogens is 322 g/mol. The van der Waals surface area contributed by atoms with Gasteiger partial charge in [-0.15, -0.1) is 0 Å². The fraction of sp³-hybridized carbons (Fsp3) is 0.533. The zero-order valence-electron chi connectivity index (χ0n) is 11.6. The third-order valence-electron chi connectivity index (χ3n) is 3.77. The summed E-state index contributed by atoms with van der Waals surface area (Å²) >= 11 is 3.43. The summed E-state index contributed by atoms with van der Waals surface area (Å²) in [4.78, 5) is 10.9. The molecule has 0 aliphatic carbocycles. The topological polar surface area (TPSA) is 58.6 Å². The Bertz CT molecular complexity index is 478. The smallest absolute Gasteiger partial charge is 0.335 e. The van der Waals surface area contributed by atoms with E-state index in [9.17, 15) is 4.79 Å². The first-order chi connectivity index (χ1) is 9.61. The van der Waals surface area contributed by atoms with Crippen LogP contribution in [0.1, 0.15) is 35.7 Å². The number of carbonyl (C=O) groups is 1. The Labute approximate surface area is 127 Å². The zero-order valence-corrected chi connectivity index (χ0v) is 13.1. The molecule has 0 amide bonds. The van der Waals surface area contributed by atoms with Crippen LogP contribution in [-0.4, -0.2) is 30.3 Å². The SMILES string of the molecule is CCC1OCCC1CNCc1ccc(C(=O)O)cc1Br. The highest BCUT2D eigenvalue weighted by Gasteiger charge is 2.25. The maximum absolute atomic E-state index is 10.9. The number of nitrogens with one attached hydrogen (secondary N) is 1. The van der Waals surface area contributed by atoms with Crippen LogP contribution in [0.5, 0.6) is 0 Å². The summed E-state index contributed by atoms with van der Waals surface area (Å²) in [5.41, 5.74) is 1.37. The molecule has 1 aliphatic heterocycles. The predicted octanol–water partition coefficient (Wildman–Crippen LogP) is 3.05. The van der Waals surface area contributed by atoms with Gasteiger partial charge in [-0.25, -0.2) is 4.79 Å². The van der Waals surface area contributed by atoms with Gasteiger partial charge in [0.05, 0.1) is 11.7 Å². The maximum atomic E-state index is 10.9. The van der Waals surface area contributed by atoms with Crippen molar-refractivity contribution in [3.05, 3.63) is 33.8 Å². The first-order valence-corrected chi connectivity index (χ1v) is 7.75. The molecule has 0 aromatic heterocycles. The van der Waals surface area contributed by atoms with E-state index in [1.54, 1.807) is 12.1 Å². The van der Waals surface area contributed by atoms with Gasteiger partial charge in [-0.1, -0.05) is 28.9 Å². The minimum atomic E-state index is -0.904. The molecule has 5 heteroatoms. The molecule has 2 atom stereocenters. The van der Waals surface area contributed by atoms with E-state index >= 15 is 0 Å². The van der Waals surface area contributed by atoms with Gasteiger partial charge < -0.3 is 15.2 Å². The first kappa shape index (κ1) is 15.5. The highest BCUT2D eigenvalue weighted by molar-refractivity contribution is 9.10. The number of benzene rings is 1. The number of halogens is 1. The lowest BCUT2D eigenvalue weighted by Crippen LogP contribution is -2.28. The van der Waals surface area contributed by atoms with Crippen LogP contribution in [0, 0.1) is 5.92 Å². The number of carboxylic acids is 1. The lowest BCUT2D eigenvalue weighted by atomic mass is 9.99. The van der Waals surface area contributed by atoms with Gasteiger partial charge in [-0.2, -0.15) is 0 Å². The van der Waals surface area contributed by atoms with Crippen LogP contribution in [0.25, 0.3) is 0 Å². The van der Waals surface area contributed by atoms with Crippen molar-refractivity contribution in [2.75, 3.05) is 13.2 Å². The van der Waals surface area contributed by atoms with Gasteiger partial charge in [-0.05, 0) is 36.5 Å². The van der Waals surface area contributed by atoms with Gasteiger partial charge in [0, 0.05) is 24.2 Å². The van der Waals surface area contributed by atoms with Crippen molar-refractivity contribution in [1.82, 2.24) is 5.32 Å². The molecule has 0 radical (unpaired) electrons. The Balaban J connectivity index is 1.86. The van der Waals surface area contributed by atoms with Crippen LogP contribution in [0.15, 0.2) is 22.7 Å². The number of hydrogen-bond donors (Lipinski definition) is 2. The average Bonchev–Trinajstić information content (AvgIpc) is 2.87. The molecule has 4 nitrogen and oxygen atoms in total. The Morgan fingerprint density at radius 2 is 2.35 bits per heavy atom. The molecule has 2 rings (SSSR count). The van der Waals surface area contributed by atoms with Gasteiger partial charge in [0.1, 0.15) is 0 Å². The van der Waals surface area contributed by atoms with Crippen LogP contribution in [0.2, 0.25) is 0 Å². The Kier molecular flexibility index (Phi) is 5.57. The molecule has 1 saturated heterocycles. The number of aromatic carboxylic acids is 1. The largest absolute Gasteiger partial charge is 0.478 e. The lowest BCUT2D eigenvalue weighted by molar-refractivity contribution is 0.0696. The molecule has 0 bridgehead atoms. The van der Waals surface area contributed by atoms with Gasteiger partial charge in [0.15, 0.2) is 0 Å². The molecule has 1 heterocycles. The second kappa shape index (κ2) is 7.20. The Hall–Kier alpha value is -0.910. The van der Waals surface area contributed by atoms with Crippen molar-refractivity contribution in [2.24, 2.45) is 5.92 Å². The molecule has 0 saturated carbocycles. The van der Waals surface area contributed by atoms with Gasteiger partial charge >= 0.3 is 5.97 Å². The summed E-state index contributed by atoms with van der Waals surface area (Å²) in [6.45, 7) is 4.69. The van der Waals surface area contributed by atoms with Crippen LogP contribution in [0.3, 0.4) is 0 Å². The van der Waals surface area contributed by atoms with E-state index in [1.807, 2.05) is 6.07 Å². The number of carboxylic acid groups (broad SMARTS) is 1. The van der Waals surface area contributed by atoms with E-state index in [4.69, 9.17) is 9.84 Å². The van der Waals surface area contributed by atoms with E-state index in [-0.39, 0.29) is 0 Å². The summed E-state index contributed by atoms with van der Waals surface area (Å²) in [6.07, 6.45) is 2.55. The molecule has 2 N–H and O–H groups in total. The highest BCUT2D eigenvalue weighted by Crippen LogP contribution is 2.23. The third kappa shape index (κ3) is 3.81. The summed E-state index contributed by atoms with van der Waals surface area (Å²) in [6, 6.07) is 5.13. The van der Waals surface area contributed by atoms with Crippen molar-refractivity contribution in [3.8, 4) is 0 Å². The fourth-order valence-corrected chi connectivity index (χ4v) is 3.11. The fourth-order valence-electron chi connectivity index (χ4n) is 2.59. The number of ether oxygens (including phenoxy) is 1. The van der Waals surface area contributed by atoms with E-state index in [0.717, 1.165) is 42.6 Å². The minimum Gasteiger partial charge on any atom is -0.478 e. The molecule has 110 valence electrons. The second-order valence-corrected chi connectivity index (χ2v) is 5.96. The summed E-state index contributed by atoms with van der Waals surface area (Å²) in [5, 5.41) is 12.4. The van der Waals surface area contributed by atoms with Crippen molar-refractivity contribution >= 4 is 21.9 Å². The molecule has 1 aromatic rings. The van der Waals surface area contributed by atoms with Crippen molar-refractivity contribution in [3.63, 3.8) is 0 Å². The molecule has 2 unspecified atom stereocenters. The van der Waals surface area contributed by atoms with Gasteiger partial charge in [0.25, 0.3) is 0 Å².